The number of halogens is 1. The number of carbonyl (C=O) groups is 2. The summed E-state index contributed by atoms with van der Waals surface area (Å²) in [6, 6.07) is 5.83. The van der Waals surface area contributed by atoms with Gasteiger partial charge >= 0.3 is 0 Å². The van der Waals surface area contributed by atoms with Crippen LogP contribution in [0.25, 0.3) is 0 Å². The number of amides is 2. The highest BCUT2D eigenvalue weighted by molar-refractivity contribution is 7.99. The lowest BCUT2D eigenvalue weighted by Gasteiger charge is -2.30. The highest BCUT2D eigenvalue weighted by Gasteiger charge is 2.22. The summed E-state index contributed by atoms with van der Waals surface area (Å²) in [6.07, 6.45) is 2.64. The topological polar surface area (TPSA) is 61.4 Å². The van der Waals surface area contributed by atoms with E-state index in [9.17, 15) is 9.59 Å². The van der Waals surface area contributed by atoms with Crippen LogP contribution in [0.1, 0.15) is 42.1 Å². The van der Waals surface area contributed by atoms with Gasteiger partial charge in [-0.2, -0.15) is 11.8 Å². The number of hydrogen-bond acceptors (Lipinski definition) is 4. The van der Waals surface area contributed by atoms with Gasteiger partial charge in [-0.05, 0) is 49.4 Å². The average Bonchev–Trinajstić information content (AvgIpc) is 2.64. The number of anilines is 1. The first-order valence-electron chi connectivity index (χ1n) is 9.54. The highest BCUT2D eigenvalue weighted by Crippen LogP contribution is 2.22. The number of nitrogens with zero attached hydrogens (tertiary/aromatic N) is 1. The Labute approximate surface area is 172 Å². The number of aryl methyl sites for hydroxylation is 1. The van der Waals surface area contributed by atoms with Crippen LogP contribution in [0.5, 0.6) is 0 Å². The maximum atomic E-state index is 12.7. The Balaban J connectivity index is 0.00000261. The van der Waals surface area contributed by atoms with Gasteiger partial charge in [0.2, 0.25) is 5.91 Å². The molecule has 7 heteroatoms. The van der Waals surface area contributed by atoms with Crippen molar-refractivity contribution in [2.75, 3.05) is 36.5 Å². The van der Waals surface area contributed by atoms with Crippen LogP contribution in [0.2, 0.25) is 0 Å². The summed E-state index contributed by atoms with van der Waals surface area (Å²) in [6.45, 7) is 6.83. The molecule has 5 nitrogen and oxygen atoms in total. The summed E-state index contributed by atoms with van der Waals surface area (Å²) in [4.78, 5) is 26.9. The van der Waals surface area contributed by atoms with Crippen LogP contribution in [0.15, 0.2) is 18.2 Å². The molecule has 1 atom stereocenters. The van der Waals surface area contributed by atoms with E-state index in [0.717, 1.165) is 55.2 Å². The zero-order chi connectivity index (χ0) is 18.5. The lowest BCUT2D eigenvalue weighted by molar-refractivity contribution is -0.116. The van der Waals surface area contributed by atoms with Gasteiger partial charge in [-0.1, -0.05) is 6.92 Å². The van der Waals surface area contributed by atoms with E-state index in [0.29, 0.717) is 17.9 Å². The van der Waals surface area contributed by atoms with Crippen molar-refractivity contribution in [1.29, 1.82) is 0 Å². The molecule has 0 radical (unpaired) electrons. The number of likely N-dealkylation sites (tertiary alicyclic amines) is 1. The first-order chi connectivity index (χ1) is 12.5. The van der Waals surface area contributed by atoms with Crippen LogP contribution in [-0.2, 0) is 4.79 Å². The number of thioether (sulfide) groups is 1. The minimum Gasteiger partial charge on any atom is -0.339 e. The number of nitrogens with one attached hydrogen (secondary N) is 2. The lowest BCUT2D eigenvalue weighted by atomic mass is 9.98. The van der Waals surface area contributed by atoms with Gasteiger partial charge in [0, 0.05) is 54.9 Å². The summed E-state index contributed by atoms with van der Waals surface area (Å²) in [7, 11) is 0. The van der Waals surface area contributed by atoms with Crippen molar-refractivity contribution in [2.45, 2.75) is 39.2 Å². The molecule has 1 aromatic carbocycles. The third kappa shape index (κ3) is 6.13. The van der Waals surface area contributed by atoms with Crippen LogP contribution in [0, 0.1) is 12.8 Å². The molecule has 150 valence electrons. The smallest absolute Gasteiger partial charge is 0.253 e. The van der Waals surface area contributed by atoms with Gasteiger partial charge in [0.25, 0.3) is 5.91 Å². The van der Waals surface area contributed by atoms with E-state index in [1.807, 2.05) is 41.8 Å². The van der Waals surface area contributed by atoms with Crippen molar-refractivity contribution < 1.29 is 9.59 Å². The Morgan fingerprint density at radius 3 is 2.67 bits per heavy atom. The standard InChI is InChI=1S/C20H29N3O2S.ClH/c1-14-5-8-23(9-6-14)20(25)16-3-4-18(15(2)11-16)22-19(24)12-17-13-26-10-7-21-17;/h3-4,11,14,17,21H,5-10,12-13H2,1-2H3,(H,22,24);1H. The molecule has 0 aromatic heterocycles. The van der Waals surface area contributed by atoms with E-state index < -0.39 is 0 Å². The monoisotopic (exact) mass is 411 g/mol. The molecule has 2 aliphatic heterocycles. The first kappa shape index (κ1) is 22.1. The highest BCUT2D eigenvalue weighted by atomic mass is 35.5. The summed E-state index contributed by atoms with van der Waals surface area (Å²) in [5.74, 6) is 2.92. The Hall–Kier alpha value is -1.24. The van der Waals surface area contributed by atoms with E-state index in [2.05, 4.69) is 17.6 Å². The molecule has 2 amide bonds. The Morgan fingerprint density at radius 1 is 1.30 bits per heavy atom. The number of hydrogen-bond donors (Lipinski definition) is 2. The third-order valence-electron chi connectivity index (χ3n) is 5.25. The zero-order valence-corrected chi connectivity index (χ0v) is 17.8. The summed E-state index contributed by atoms with van der Waals surface area (Å²) in [5, 5.41) is 6.38. The maximum absolute atomic E-state index is 12.7. The predicted molar refractivity (Wildman–Crippen MR) is 115 cm³/mol. The second-order valence-corrected chi connectivity index (χ2v) is 8.63. The molecule has 27 heavy (non-hydrogen) atoms. The second kappa shape index (κ2) is 10.3. The summed E-state index contributed by atoms with van der Waals surface area (Å²) < 4.78 is 0. The van der Waals surface area contributed by atoms with Crippen molar-refractivity contribution in [3.05, 3.63) is 29.3 Å². The Kier molecular flexibility index (Phi) is 8.45. The first-order valence-corrected chi connectivity index (χ1v) is 10.7. The SMILES string of the molecule is Cc1cc(C(=O)N2CCC(C)CC2)ccc1NC(=O)CC1CSCCN1.Cl. The van der Waals surface area contributed by atoms with E-state index in [1.165, 1.54) is 0 Å². The van der Waals surface area contributed by atoms with Crippen molar-refractivity contribution in [2.24, 2.45) is 5.92 Å². The van der Waals surface area contributed by atoms with Gasteiger partial charge < -0.3 is 15.5 Å². The van der Waals surface area contributed by atoms with E-state index in [-0.39, 0.29) is 30.3 Å². The molecule has 1 unspecified atom stereocenters. The molecule has 0 aliphatic carbocycles. The quantitative estimate of drug-likeness (QED) is 0.797. The van der Waals surface area contributed by atoms with Crippen LogP contribution >= 0.6 is 24.2 Å². The molecule has 0 bridgehead atoms. The average molecular weight is 412 g/mol. The van der Waals surface area contributed by atoms with Gasteiger partial charge in [0.15, 0.2) is 0 Å². The fraction of sp³-hybridized carbons (Fsp3) is 0.600. The van der Waals surface area contributed by atoms with Crippen LogP contribution in [-0.4, -0.2) is 53.9 Å². The minimum atomic E-state index is 0. The van der Waals surface area contributed by atoms with Crippen LogP contribution < -0.4 is 10.6 Å². The number of rotatable bonds is 4. The van der Waals surface area contributed by atoms with Gasteiger partial charge in [-0.15, -0.1) is 12.4 Å². The second-order valence-electron chi connectivity index (χ2n) is 7.48. The molecule has 2 heterocycles. The van der Waals surface area contributed by atoms with Crippen molar-refractivity contribution in [1.82, 2.24) is 10.2 Å². The van der Waals surface area contributed by atoms with Crippen molar-refractivity contribution >= 4 is 41.7 Å². The maximum Gasteiger partial charge on any atom is 0.253 e. The zero-order valence-electron chi connectivity index (χ0n) is 16.1. The predicted octanol–water partition coefficient (Wildman–Crippen LogP) is 3.32. The normalized spacial score (nSPS) is 20.7. The van der Waals surface area contributed by atoms with Crippen molar-refractivity contribution in [3.8, 4) is 0 Å². The lowest BCUT2D eigenvalue weighted by Crippen LogP contribution is -2.40. The third-order valence-corrected chi connectivity index (χ3v) is 6.38. The molecule has 3 rings (SSSR count). The molecule has 2 N–H and O–H groups in total. The molecule has 2 fully saturated rings. The van der Waals surface area contributed by atoms with Crippen LogP contribution in [0.3, 0.4) is 0 Å². The number of piperidine rings is 1. The fourth-order valence-electron chi connectivity index (χ4n) is 3.51. The Bertz CT molecular complexity index is 657. The fourth-order valence-corrected chi connectivity index (χ4v) is 4.46. The molecule has 0 spiro atoms. The van der Waals surface area contributed by atoms with Crippen molar-refractivity contribution in [3.63, 3.8) is 0 Å². The van der Waals surface area contributed by atoms with Gasteiger partial charge in [0.05, 0.1) is 0 Å². The Morgan fingerprint density at radius 2 is 2.04 bits per heavy atom. The van der Waals surface area contributed by atoms with Crippen LogP contribution in [0.4, 0.5) is 5.69 Å². The van der Waals surface area contributed by atoms with Gasteiger partial charge in [0.1, 0.15) is 0 Å². The molecular weight excluding hydrogens is 382 g/mol. The largest absolute Gasteiger partial charge is 0.339 e. The molecule has 2 aliphatic rings. The van der Waals surface area contributed by atoms with Gasteiger partial charge in [-0.25, -0.2) is 0 Å². The van der Waals surface area contributed by atoms with Gasteiger partial charge in [-0.3, -0.25) is 9.59 Å². The molecule has 0 saturated carbocycles. The number of benzene rings is 1. The minimum absolute atomic E-state index is 0. The number of carbonyl (C=O) groups excluding carboxylic acids is 2. The molecule has 1 aromatic rings. The van der Waals surface area contributed by atoms with E-state index >= 15 is 0 Å². The summed E-state index contributed by atoms with van der Waals surface area (Å²) in [5.41, 5.74) is 2.43. The molecule has 2 saturated heterocycles. The molecular formula is C20H30ClN3O2S. The summed E-state index contributed by atoms with van der Waals surface area (Å²) >= 11 is 1.89. The van der Waals surface area contributed by atoms with E-state index in [4.69, 9.17) is 0 Å². The van der Waals surface area contributed by atoms with E-state index in [1.54, 1.807) is 0 Å².